The monoisotopic (exact) mass is 278 g/mol. The highest BCUT2D eigenvalue weighted by atomic mass is 16.5. The van der Waals surface area contributed by atoms with E-state index in [1.807, 2.05) is 6.92 Å². The molecule has 0 saturated carbocycles. The fraction of sp³-hybridized carbons (Fsp3) is 0.286. The smallest absolute Gasteiger partial charge is 0.244 e. The van der Waals surface area contributed by atoms with Crippen LogP contribution < -0.4 is 20.5 Å². The van der Waals surface area contributed by atoms with Crippen LogP contribution in [0.15, 0.2) is 24.3 Å². The van der Waals surface area contributed by atoms with E-state index in [2.05, 4.69) is 5.32 Å². The number of methoxy groups -OCH3 is 1. The maximum Gasteiger partial charge on any atom is 0.244 e. The van der Waals surface area contributed by atoms with Gasteiger partial charge in [-0.1, -0.05) is 6.07 Å². The molecular formula is C14H18N2O4. The van der Waals surface area contributed by atoms with E-state index in [9.17, 15) is 9.59 Å². The molecule has 0 aliphatic carbocycles. The lowest BCUT2D eigenvalue weighted by Gasteiger charge is -2.09. The number of rotatable bonds is 7. The number of primary amides is 1. The minimum atomic E-state index is -0.588. The summed E-state index contributed by atoms with van der Waals surface area (Å²) >= 11 is 0. The molecule has 1 rings (SSSR count). The Hall–Kier alpha value is -2.50. The van der Waals surface area contributed by atoms with E-state index < -0.39 is 11.8 Å². The number of amides is 2. The number of nitrogens with two attached hydrogens (primary N) is 1. The summed E-state index contributed by atoms with van der Waals surface area (Å²) in [5.74, 6) is 0.254. The van der Waals surface area contributed by atoms with Crippen LogP contribution in [0.1, 0.15) is 12.5 Å². The Morgan fingerprint density at radius 1 is 1.35 bits per heavy atom. The summed E-state index contributed by atoms with van der Waals surface area (Å²) in [4.78, 5) is 21.9. The van der Waals surface area contributed by atoms with Gasteiger partial charge in [-0.2, -0.15) is 0 Å². The average molecular weight is 278 g/mol. The molecular weight excluding hydrogens is 260 g/mol. The summed E-state index contributed by atoms with van der Waals surface area (Å²) in [5, 5.41) is 2.36. The molecule has 3 N–H and O–H groups in total. The predicted octanol–water partition coefficient (Wildman–Crippen LogP) is 0.709. The third-order valence-corrected chi connectivity index (χ3v) is 2.35. The number of hydrogen-bond acceptors (Lipinski definition) is 4. The molecule has 0 bridgehead atoms. The Balaban J connectivity index is 2.74. The quantitative estimate of drug-likeness (QED) is 0.719. The van der Waals surface area contributed by atoms with Gasteiger partial charge in [0.15, 0.2) is 11.5 Å². The number of nitrogens with one attached hydrogen (secondary N) is 1. The first kappa shape index (κ1) is 15.6. The molecule has 1 aromatic carbocycles. The predicted molar refractivity (Wildman–Crippen MR) is 75.4 cm³/mol. The van der Waals surface area contributed by atoms with Crippen LogP contribution in [-0.2, 0) is 9.59 Å². The zero-order valence-corrected chi connectivity index (χ0v) is 11.5. The normalized spacial score (nSPS) is 10.3. The summed E-state index contributed by atoms with van der Waals surface area (Å²) in [7, 11) is 1.56. The highest BCUT2D eigenvalue weighted by Gasteiger charge is 2.04. The third-order valence-electron chi connectivity index (χ3n) is 2.35. The molecule has 6 nitrogen and oxygen atoms in total. The first-order chi connectivity index (χ1) is 9.56. The summed E-state index contributed by atoms with van der Waals surface area (Å²) in [6, 6.07) is 5.31. The van der Waals surface area contributed by atoms with Crippen molar-refractivity contribution in [1.82, 2.24) is 5.32 Å². The van der Waals surface area contributed by atoms with Crippen LogP contribution in [0.25, 0.3) is 6.08 Å². The van der Waals surface area contributed by atoms with Gasteiger partial charge in [0, 0.05) is 6.08 Å². The Labute approximate surface area is 117 Å². The Kier molecular flexibility index (Phi) is 6.09. The van der Waals surface area contributed by atoms with Gasteiger partial charge in [-0.3, -0.25) is 9.59 Å². The third kappa shape index (κ3) is 5.01. The molecule has 0 fully saturated rings. The van der Waals surface area contributed by atoms with E-state index in [0.29, 0.717) is 18.1 Å². The van der Waals surface area contributed by atoms with Crippen LogP contribution in [0.3, 0.4) is 0 Å². The summed E-state index contributed by atoms with van der Waals surface area (Å²) < 4.78 is 10.6. The van der Waals surface area contributed by atoms with Gasteiger partial charge in [-0.25, -0.2) is 0 Å². The molecule has 0 heterocycles. The van der Waals surface area contributed by atoms with E-state index >= 15 is 0 Å². The number of hydrogen-bond donors (Lipinski definition) is 2. The van der Waals surface area contributed by atoms with Gasteiger partial charge in [0.25, 0.3) is 0 Å². The van der Waals surface area contributed by atoms with Gasteiger partial charge >= 0.3 is 0 Å². The lowest BCUT2D eigenvalue weighted by atomic mass is 10.2. The second-order valence-electron chi connectivity index (χ2n) is 3.86. The minimum absolute atomic E-state index is 0.185. The van der Waals surface area contributed by atoms with Gasteiger partial charge in [0.05, 0.1) is 20.3 Å². The zero-order valence-electron chi connectivity index (χ0n) is 11.5. The van der Waals surface area contributed by atoms with E-state index in [1.54, 1.807) is 31.4 Å². The van der Waals surface area contributed by atoms with Gasteiger partial charge < -0.3 is 20.5 Å². The molecule has 6 heteroatoms. The second-order valence-corrected chi connectivity index (χ2v) is 3.86. The van der Waals surface area contributed by atoms with E-state index in [4.69, 9.17) is 15.2 Å². The van der Waals surface area contributed by atoms with E-state index in [1.165, 1.54) is 6.08 Å². The maximum atomic E-state index is 11.4. The number of carbonyl (C=O) groups is 2. The van der Waals surface area contributed by atoms with Crippen molar-refractivity contribution in [3.8, 4) is 11.5 Å². The van der Waals surface area contributed by atoms with Crippen molar-refractivity contribution in [2.75, 3.05) is 20.3 Å². The van der Waals surface area contributed by atoms with Crippen molar-refractivity contribution >= 4 is 17.9 Å². The number of carbonyl (C=O) groups excluding carboxylic acids is 2. The standard InChI is InChI=1S/C14H18N2O4/c1-3-20-12-8-10(4-6-11(12)19-2)5-7-14(18)16-9-13(15)17/h4-8H,3,9H2,1-2H3,(H2,15,17)(H,16,18)/b7-5+. The summed E-state index contributed by atoms with van der Waals surface area (Å²) in [6.45, 7) is 2.21. The lowest BCUT2D eigenvalue weighted by molar-refractivity contribution is -0.122. The highest BCUT2D eigenvalue weighted by molar-refractivity contribution is 5.94. The molecule has 0 radical (unpaired) electrons. The van der Waals surface area contributed by atoms with Crippen molar-refractivity contribution in [2.24, 2.45) is 5.73 Å². The van der Waals surface area contributed by atoms with Crippen LogP contribution in [0.4, 0.5) is 0 Å². The van der Waals surface area contributed by atoms with Crippen LogP contribution in [0, 0.1) is 0 Å². The Morgan fingerprint density at radius 3 is 2.70 bits per heavy atom. The summed E-state index contributed by atoms with van der Waals surface area (Å²) in [5.41, 5.74) is 5.71. The van der Waals surface area contributed by atoms with Crippen molar-refractivity contribution in [1.29, 1.82) is 0 Å². The molecule has 108 valence electrons. The van der Waals surface area contributed by atoms with Crippen molar-refractivity contribution in [2.45, 2.75) is 6.92 Å². The number of benzene rings is 1. The topological polar surface area (TPSA) is 90.6 Å². The first-order valence-electron chi connectivity index (χ1n) is 6.12. The minimum Gasteiger partial charge on any atom is -0.493 e. The van der Waals surface area contributed by atoms with Crippen molar-refractivity contribution in [3.63, 3.8) is 0 Å². The molecule has 0 unspecified atom stereocenters. The van der Waals surface area contributed by atoms with Crippen LogP contribution in [0.2, 0.25) is 0 Å². The molecule has 0 aliphatic rings. The SMILES string of the molecule is CCOc1cc(/C=C/C(=O)NCC(N)=O)ccc1OC. The van der Waals surface area contributed by atoms with Gasteiger partial charge in [0.2, 0.25) is 11.8 Å². The fourth-order valence-corrected chi connectivity index (χ4v) is 1.47. The van der Waals surface area contributed by atoms with Crippen LogP contribution in [0.5, 0.6) is 11.5 Å². The lowest BCUT2D eigenvalue weighted by Crippen LogP contribution is -2.32. The van der Waals surface area contributed by atoms with E-state index in [-0.39, 0.29) is 6.54 Å². The zero-order chi connectivity index (χ0) is 15.0. The molecule has 1 aromatic rings. The van der Waals surface area contributed by atoms with Gasteiger partial charge in [0.1, 0.15) is 0 Å². The fourth-order valence-electron chi connectivity index (χ4n) is 1.47. The average Bonchev–Trinajstić information content (AvgIpc) is 2.43. The first-order valence-corrected chi connectivity index (χ1v) is 6.12. The Bertz CT molecular complexity index is 512. The molecule has 0 saturated heterocycles. The molecule has 0 atom stereocenters. The Morgan fingerprint density at radius 2 is 2.10 bits per heavy atom. The molecule has 0 spiro atoms. The summed E-state index contributed by atoms with van der Waals surface area (Å²) in [6.07, 6.45) is 2.93. The van der Waals surface area contributed by atoms with Gasteiger partial charge in [-0.05, 0) is 30.7 Å². The molecule has 0 aromatic heterocycles. The maximum absolute atomic E-state index is 11.4. The van der Waals surface area contributed by atoms with E-state index in [0.717, 1.165) is 5.56 Å². The van der Waals surface area contributed by atoms with Crippen LogP contribution >= 0.6 is 0 Å². The molecule has 20 heavy (non-hydrogen) atoms. The highest BCUT2D eigenvalue weighted by Crippen LogP contribution is 2.28. The molecule has 0 aliphatic heterocycles. The largest absolute Gasteiger partial charge is 0.493 e. The molecule has 2 amide bonds. The number of ether oxygens (including phenoxy) is 2. The second kappa shape index (κ2) is 7.83. The van der Waals surface area contributed by atoms with Crippen molar-refractivity contribution in [3.05, 3.63) is 29.8 Å². The van der Waals surface area contributed by atoms with Crippen LogP contribution in [-0.4, -0.2) is 32.1 Å². The van der Waals surface area contributed by atoms with Gasteiger partial charge in [-0.15, -0.1) is 0 Å². The van der Waals surface area contributed by atoms with Crippen molar-refractivity contribution < 1.29 is 19.1 Å².